The molecule has 2 nitrogen and oxygen atoms in total. The molecule has 0 unspecified atom stereocenters. The Bertz CT molecular complexity index is 295. The summed E-state index contributed by atoms with van der Waals surface area (Å²) in [5.41, 5.74) is 0.705. The van der Waals surface area contributed by atoms with Crippen molar-refractivity contribution >= 4 is 11.6 Å². The SMILES string of the molecule is CC(C)c1ccc(Cl)c(O)c1O. The molecule has 0 heterocycles. The number of phenols is 2. The largest absolute Gasteiger partial charge is 0.504 e. The van der Waals surface area contributed by atoms with Crippen LogP contribution in [0, 0.1) is 0 Å². The maximum absolute atomic E-state index is 9.41. The molecule has 0 aliphatic carbocycles. The summed E-state index contributed by atoms with van der Waals surface area (Å²) in [6, 6.07) is 3.29. The van der Waals surface area contributed by atoms with Crippen molar-refractivity contribution in [2.75, 3.05) is 0 Å². The molecule has 3 heteroatoms. The molecule has 0 amide bonds. The first-order chi connectivity index (χ1) is 5.54. The molecule has 1 aromatic rings. The monoisotopic (exact) mass is 186 g/mol. The number of rotatable bonds is 1. The summed E-state index contributed by atoms with van der Waals surface area (Å²) in [7, 11) is 0. The van der Waals surface area contributed by atoms with Crippen molar-refractivity contribution in [2.24, 2.45) is 0 Å². The van der Waals surface area contributed by atoms with Gasteiger partial charge in [0.05, 0.1) is 5.02 Å². The van der Waals surface area contributed by atoms with Gasteiger partial charge in [-0.2, -0.15) is 0 Å². The second kappa shape index (κ2) is 3.23. The number of benzene rings is 1. The topological polar surface area (TPSA) is 40.5 Å². The lowest BCUT2D eigenvalue weighted by Gasteiger charge is -2.09. The molecule has 12 heavy (non-hydrogen) atoms. The lowest BCUT2D eigenvalue weighted by atomic mass is 10.0. The van der Waals surface area contributed by atoms with E-state index in [9.17, 15) is 10.2 Å². The number of aromatic hydroxyl groups is 2. The number of hydrogen-bond donors (Lipinski definition) is 2. The lowest BCUT2D eigenvalue weighted by molar-refractivity contribution is 0.398. The first kappa shape index (κ1) is 9.20. The van der Waals surface area contributed by atoms with Gasteiger partial charge >= 0.3 is 0 Å². The highest BCUT2D eigenvalue weighted by Gasteiger charge is 2.12. The number of phenolic OH excluding ortho intramolecular Hbond substituents is 2. The predicted octanol–water partition coefficient (Wildman–Crippen LogP) is 2.87. The normalized spacial score (nSPS) is 10.7. The van der Waals surface area contributed by atoms with Crippen molar-refractivity contribution in [3.8, 4) is 11.5 Å². The van der Waals surface area contributed by atoms with Crippen LogP contribution in [-0.2, 0) is 0 Å². The highest BCUT2D eigenvalue weighted by atomic mass is 35.5. The Morgan fingerprint density at radius 1 is 1.17 bits per heavy atom. The molecule has 1 rings (SSSR count). The molecule has 0 saturated heterocycles. The van der Waals surface area contributed by atoms with Crippen LogP contribution >= 0.6 is 11.6 Å². The minimum atomic E-state index is -0.233. The van der Waals surface area contributed by atoms with Gasteiger partial charge in [0.15, 0.2) is 11.5 Å². The van der Waals surface area contributed by atoms with Crippen LogP contribution in [0.1, 0.15) is 25.3 Å². The highest BCUT2D eigenvalue weighted by Crippen LogP contribution is 2.38. The molecule has 2 N–H and O–H groups in total. The quantitative estimate of drug-likeness (QED) is 0.663. The maximum Gasteiger partial charge on any atom is 0.176 e. The summed E-state index contributed by atoms with van der Waals surface area (Å²) in [6.07, 6.45) is 0. The van der Waals surface area contributed by atoms with Crippen molar-refractivity contribution in [3.05, 3.63) is 22.7 Å². The van der Waals surface area contributed by atoms with Crippen molar-refractivity contribution < 1.29 is 10.2 Å². The van der Waals surface area contributed by atoms with Crippen molar-refractivity contribution in [3.63, 3.8) is 0 Å². The molecule has 0 bridgehead atoms. The fourth-order valence-electron chi connectivity index (χ4n) is 1.04. The van der Waals surface area contributed by atoms with E-state index in [1.807, 2.05) is 13.8 Å². The van der Waals surface area contributed by atoms with E-state index in [0.29, 0.717) is 5.56 Å². The zero-order valence-electron chi connectivity index (χ0n) is 7.00. The van der Waals surface area contributed by atoms with Crippen molar-refractivity contribution in [1.82, 2.24) is 0 Å². The Kier molecular flexibility index (Phi) is 2.48. The maximum atomic E-state index is 9.41. The third-order valence-corrected chi connectivity index (χ3v) is 2.06. The second-order valence-corrected chi connectivity index (χ2v) is 3.40. The fraction of sp³-hybridized carbons (Fsp3) is 0.333. The van der Waals surface area contributed by atoms with Gasteiger partial charge in [0.1, 0.15) is 0 Å². The van der Waals surface area contributed by atoms with Gasteiger partial charge in [-0.3, -0.25) is 0 Å². The zero-order chi connectivity index (χ0) is 9.30. The Morgan fingerprint density at radius 3 is 2.25 bits per heavy atom. The van der Waals surface area contributed by atoms with E-state index >= 15 is 0 Å². The molecule has 0 fully saturated rings. The van der Waals surface area contributed by atoms with Gasteiger partial charge in [-0.25, -0.2) is 0 Å². The van der Waals surface area contributed by atoms with Gasteiger partial charge in [0.2, 0.25) is 0 Å². The van der Waals surface area contributed by atoms with E-state index in [1.165, 1.54) is 0 Å². The van der Waals surface area contributed by atoms with Crippen LogP contribution in [0.3, 0.4) is 0 Å². The third-order valence-electron chi connectivity index (χ3n) is 1.76. The van der Waals surface area contributed by atoms with Gasteiger partial charge in [0, 0.05) is 5.56 Å². The molecule has 0 atom stereocenters. The summed E-state index contributed by atoms with van der Waals surface area (Å²) < 4.78 is 0. The van der Waals surface area contributed by atoms with Crippen LogP contribution in [0.15, 0.2) is 12.1 Å². The van der Waals surface area contributed by atoms with Crippen LogP contribution in [0.5, 0.6) is 11.5 Å². The Labute approximate surface area is 76.4 Å². The lowest BCUT2D eigenvalue weighted by Crippen LogP contribution is -1.88. The third kappa shape index (κ3) is 1.48. The summed E-state index contributed by atoms with van der Waals surface area (Å²) in [5, 5.41) is 18.8. The van der Waals surface area contributed by atoms with E-state index < -0.39 is 0 Å². The molecule has 0 aliphatic rings. The van der Waals surface area contributed by atoms with Gasteiger partial charge in [-0.05, 0) is 12.0 Å². The predicted molar refractivity (Wildman–Crippen MR) is 48.9 cm³/mol. The van der Waals surface area contributed by atoms with Gasteiger partial charge < -0.3 is 10.2 Å². The molecule has 1 aromatic carbocycles. The second-order valence-electron chi connectivity index (χ2n) is 2.99. The summed E-state index contributed by atoms with van der Waals surface area (Å²) in [5.74, 6) is -0.173. The average molecular weight is 187 g/mol. The smallest absolute Gasteiger partial charge is 0.176 e. The zero-order valence-corrected chi connectivity index (χ0v) is 7.76. The van der Waals surface area contributed by atoms with Crippen molar-refractivity contribution in [2.45, 2.75) is 19.8 Å². The first-order valence-electron chi connectivity index (χ1n) is 3.74. The van der Waals surface area contributed by atoms with E-state index in [1.54, 1.807) is 12.1 Å². The van der Waals surface area contributed by atoms with Crippen LogP contribution in [0.4, 0.5) is 0 Å². The van der Waals surface area contributed by atoms with Crippen LogP contribution in [0.25, 0.3) is 0 Å². The van der Waals surface area contributed by atoms with Crippen LogP contribution < -0.4 is 0 Å². The molecule has 0 saturated carbocycles. The molecule has 0 radical (unpaired) electrons. The molecular formula is C9H11ClO2. The fourth-order valence-corrected chi connectivity index (χ4v) is 1.19. The molecule has 66 valence electrons. The summed E-state index contributed by atoms with van der Waals surface area (Å²) >= 11 is 5.58. The van der Waals surface area contributed by atoms with E-state index in [4.69, 9.17) is 11.6 Å². The van der Waals surface area contributed by atoms with Crippen LogP contribution in [-0.4, -0.2) is 10.2 Å². The van der Waals surface area contributed by atoms with E-state index in [0.717, 1.165) is 0 Å². The Morgan fingerprint density at radius 2 is 1.75 bits per heavy atom. The molecule has 0 aromatic heterocycles. The minimum Gasteiger partial charge on any atom is -0.504 e. The Hall–Kier alpha value is -0.890. The summed E-state index contributed by atoms with van der Waals surface area (Å²) in [6.45, 7) is 3.87. The average Bonchev–Trinajstić information content (AvgIpc) is 2.00. The molecule has 0 spiro atoms. The van der Waals surface area contributed by atoms with E-state index in [2.05, 4.69) is 0 Å². The Balaban J connectivity index is 3.27. The van der Waals surface area contributed by atoms with Gasteiger partial charge in [-0.1, -0.05) is 31.5 Å². The number of halogens is 1. The highest BCUT2D eigenvalue weighted by molar-refractivity contribution is 6.32. The van der Waals surface area contributed by atoms with E-state index in [-0.39, 0.29) is 22.4 Å². The van der Waals surface area contributed by atoms with Crippen LogP contribution in [0.2, 0.25) is 5.02 Å². The molecule has 0 aliphatic heterocycles. The first-order valence-corrected chi connectivity index (χ1v) is 4.12. The van der Waals surface area contributed by atoms with Gasteiger partial charge in [-0.15, -0.1) is 0 Å². The standard InChI is InChI=1S/C9H11ClO2/c1-5(2)6-3-4-7(10)9(12)8(6)11/h3-5,11-12H,1-2H3. The van der Waals surface area contributed by atoms with Gasteiger partial charge in [0.25, 0.3) is 0 Å². The minimum absolute atomic E-state index is 0.113. The van der Waals surface area contributed by atoms with Crippen molar-refractivity contribution in [1.29, 1.82) is 0 Å². The summed E-state index contributed by atoms with van der Waals surface area (Å²) in [4.78, 5) is 0. The number of hydrogen-bond acceptors (Lipinski definition) is 2. The molecular weight excluding hydrogens is 176 g/mol.